The number of rotatable bonds is 3. The predicted molar refractivity (Wildman–Crippen MR) is 103 cm³/mol. The average Bonchev–Trinajstić information content (AvgIpc) is 2.69. The van der Waals surface area contributed by atoms with Gasteiger partial charge in [0, 0.05) is 43.5 Å². The van der Waals surface area contributed by atoms with Gasteiger partial charge in [0.05, 0.1) is 5.69 Å². The Labute approximate surface area is 147 Å². The molecule has 0 atom stereocenters. The minimum Gasteiger partial charge on any atom is -0.368 e. The third-order valence-electron chi connectivity index (χ3n) is 4.52. The zero-order chi connectivity index (χ0) is 17.1. The van der Waals surface area contributed by atoms with Crippen LogP contribution >= 0.6 is 0 Å². The molecule has 126 valence electrons. The third kappa shape index (κ3) is 3.40. The van der Waals surface area contributed by atoms with Crippen LogP contribution in [0.4, 0.5) is 17.5 Å². The lowest BCUT2D eigenvalue weighted by molar-refractivity contribution is 0.647. The predicted octanol–water partition coefficient (Wildman–Crippen LogP) is 3.05. The van der Waals surface area contributed by atoms with E-state index in [1.165, 1.54) is 5.69 Å². The highest BCUT2D eigenvalue weighted by Gasteiger charge is 2.19. The van der Waals surface area contributed by atoms with Gasteiger partial charge in [0.15, 0.2) is 0 Å². The molecule has 2 aromatic carbocycles. The van der Waals surface area contributed by atoms with Crippen molar-refractivity contribution < 1.29 is 0 Å². The van der Waals surface area contributed by atoms with E-state index in [1.807, 2.05) is 36.4 Å². The maximum Gasteiger partial charge on any atom is 0.222 e. The first-order valence-electron chi connectivity index (χ1n) is 8.54. The van der Waals surface area contributed by atoms with Gasteiger partial charge in [0.25, 0.3) is 0 Å². The van der Waals surface area contributed by atoms with Gasteiger partial charge in [-0.15, -0.1) is 0 Å². The Morgan fingerprint density at radius 2 is 1.32 bits per heavy atom. The number of aromatic nitrogens is 2. The summed E-state index contributed by atoms with van der Waals surface area (Å²) in [5.74, 6) is 1.22. The van der Waals surface area contributed by atoms with Gasteiger partial charge >= 0.3 is 0 Å². The van der Waals surface area contributed by atoms with E-state index in [2.05, 4.69) is 50.1 Å². The molecule has 0 spiro atoms. The van der Waals surface area contributed by atoms with Crippen molar-refractivity contribution in [2.24, 2.45) is 0 Å². The monoisotopic (exact) mass is 331 g/mol. The van der Waals surface area contributed by atoms with Crippen LogP contribution in [0.15, 0.2) is 66.7 Å². The Hall–Kier alpha value is -3.08. The molecule has 25 heavy (non-hydrogen) atoms. The van der Waals surface area contributed by atoms with E-state index < -0.39 is 0 Å². The second-order valence-corrected chi connectivity index (χ2v) is 6.15. The lowest BCUT2D eigenvalue weighted by Crippen LogP contribution is -2.46. The summed E-state index contributed by atoms with van der Waals surface area (Å²) in [5, 5.41) is 0. The summed E-state index contributed by atoms with van der Waals surface area (Å²) in [6, 6.07) is 22.7. The van der Waals surface area contributed by atoms with Crippen molar-refractivity contribution >= 4 is 17.5 Å². The maximum atomic E-state index is 5.96. The minimum atomic E-state index is 0.321. The number of hydrogen-bond acceptors (Lipinski definition) is 5. The lowest BCUT2D eigenvalue weighted by atomic mass is 10.1. The van der Waals surface area contributed by atoms with Crippen LogP contribution in [-0.4, -0.2) is 36.1 Å². The first-order chi connectivity index (χ1) is 12.3. The van der Waals surface area contributed by atoms with Crippen LogP contribution in [0.5, 0.6) is 0 Å². The van der Waals surface area contributed by atoms with Crippen LogP contribution < -0.4 is 15.5 Å². The van der Waals surface area contributed by atoms with Gasteiger partial charge in [0.2, 0.25) is 5.95 Å². The summed E-state index contributed by atoms with van der Waals surface area (Å²) >= 11 is 0. The molecular weight excluding hydrogens is 310 g/mol. The topological polar surface area (TPSA) is 58.3 Å². The summed E-state index contributed by atoms with van der Waals surface area (Å²) < 4.78 is 0. The quantitative estimate of drug-likeness (QED) is 0.799. The van der Waals surface area contributed by atoms with Gasteiger partial charge in [0.1, 0.15) is 5.82 Å². The van der Waals surface area contributed by atoms with Crippen molar-refractivity contribution in [3.8, 4) is 11.3 Å². The van der Waals surface area contributed by atoms with Crippen molar-refractivity contribution in [3.05, 3.63) is 66.7 Å². The fraction of sp³-hybridized carbons (Fsp3) is 0.200. The van der Waals surface area contributed by atoms with Crippen molar-refractivity contribution in [1.29, 1.82) is 0 Å². The van der Waals surface area contributed by atoms with Crippen LogP contribution in [0.3, 0.4) is 0 Å². The lowest BCUT2D eigenvalue weighted by Gasteiger charge is -2.36. The van der Waals surface area contributed by atoms with E-state index in [9.17, 15) is 0 Å². The van der Waals surface area contributed by atoms with Gasteiger partial charge in [-0.2, -0.15) is 4.98 Å². The summed E-state index contributed by atoms with van der Waals surface area (Å²) in [6.07, 6.45) is 0. The van der Waals surface area contributed by atoms with Gasteiger partial charge in [-0.05, 0) is 12.1 Å². The van der Waals surface area contributed by atoms with Crippen LogP contribution in [0, 0.1) is 0 Å². The molecule has 0 unspecified atom stereocenters. The van der Waals surface area contributed by atoms with Crippen LogP contribution in [0.25, 0.3) is 11.3 Å². The van der Waals surface area contributed by atoms with E-state index in [0.29, 0.717) is 5.95 Å². The molecule has 0 radical (unpaired) electrons. The third-order valence-corrected chi connectivity index (χ3v) is 4.52. The molecule has 0 amide bonds. The molecule has 5 nitrogen and oxygen atoms in total. The van der Waals surface area contributed by atoms with E-state index >= 15 is 0 Å². The molecule has 0 saturated carbocycles. The van der Waals surface area contributed by atoms with E-state index in [4.69, 9.17) is 5.73 Å². The van der Waals surface area contributed by atoms with Crippen LogP contribution in [0.2, 0.25) is 0 Å². The number of nitrogens with zero attached hydrogens (tertiary/aromatic N) is 4. The molecule has 1 aliphatic heterocycles. The molecule has 5 heteroatoms. The zero-order valence-electron chi connectivity index (χ0n) is 14.0. The Bertz CT molecular complexity index is 827. The van der Waals surface area contributed by atoms with Crippen LogP contribution in [-0.2, 0) is 0 Å². The van der Waals surface area contributed by atoms with Crippen LogP contribution in [0.1, 0.15) is 0 Å². The van der Waals surface area contributed by atoms with Crippen molar-refractivity contribution in [2.45, 2.75) is 0 Å². The van der Waals surface area contributed by atoms with Crippen molar-refractivity contribution in [3.63, 3.8) is 0 Å². The first kappa shape index (κ1) is 15.4. The van der Waals surface area contributed by atoms with E-state index in [0.717, 1.165) is 43.3 Å². The standard InChI is InChI=1S/C20H21N5/c21-20-22-18(16-7-3-1-4-8-16)15-19(23-20)25-13-11-24(12-14-25)17-9-5-2-6-10-17/h1-10,15H,11-14H2,(H2,21,22,23). The molecular formula is C20H21N5. The van der Waals surface area contributed by atoms with Gasteiger partial charge in [-0.1, -0.05) is 48.5 Å². The number of nitrogen functional groups attached to an aromatic ring is 1. The normalized spacial score (nSPS) is 14.6. The number of para-hydroxylation sites is 1. The van der Waals surface area contributed by atoms with E-state index in [-0.39, 0.29) is 0 Å². The molecule has 1 aliphatic rings. The Kier molecular flexibility index (Phi) is 4.21. The molecule has 1 aromatic heterocycles. The summed E-state index contributed by atoms with van der Waals surface area (Å²) in [6.45, 7) is 3.77. The Balaban J connectivity index is 1.52. The van der Waals surface area contributed by atoms with Crippen molar-refractivity contribution in [2.75, 3.05) is 41.7 Å². The minimum absolute atomic E-state index is 0.321. The zero-order valence-corrected chi connectivity index (χ0v) is 14.0. The second-order valence-electron chi connectivity index (χ2n) is 6.15. The molecule has 2 heterocycles. The number of anilines is 3. The molecule has 0 aliphatic carbocycles. The highest BCUT2D eigenvalue weighted by atomic mass is 15.3. The Morgan fingerprint density at radius 1 is 0.720 bits per heavy atom. The summed E-state index contributed by atoms with van der Waals surface area (Å²) in [4.78, 5) is 13.5. The summed E-state index contributed by atoms with van der Waals surface area (Å²) in [7, 11) is 0. The fourth-order valence-corrected chi connectivity index (χ4v) is 3.20. The van der Waals surface area contributed by atoms with E-state index in [1.54, 1.807) is 0 Å². The number of hydrogen-bond donors (Lipinski definition) is 1. The fourth-order valence-electron chi connectivity index (χ4n) is 3.20. The maximum absolute atomic E-state index is 5.96. The number of nitrogens with two attached hydrogens (primary N) is 1. The highest BCUT2D eigenvalue weighted by Crippen LogP contribution is 2.24. The smallest absolute Gasteiger partial charge is 0.222 e. The molecule has 2 N–H and O–H groups in total. The molecule has 4 rings (SSSR count). The van der Waals surface area contributed by atoms with Gasteiger partial charge < -0.3 is 15.5 Å². The molecule has 1 saturated heterocycles. The highest BCUT2D eigenvalue weighted by molar-refractivity contribution is 5.64. The van der Waals surface area contributed by atoms with Gasteiger partial charge in [-0.3, -0.25) is 0 Å². The number of benzene rings is 2. The second kappa shape index (κ2) is 6.81. The largest absolute Gasteiger partial charge is 0.368 e. The van der Waals surface area contributed by atoms with Crippen molar-refractivity contribution in [1.82, 2.24) is 9.97 Å². The summed E-state index contributed by atoms with van der Waals surface area (Å²) in [5.41, 5.74) is 9.16. The molecule has 1 fully saturated rings. The Morgan fingerprint density at radius 3 is 2.00 bits per heavy atom. The molecule has 3 aromatic rings. The SMILES string of the molecule is Nc1nc(-c2ccccc2)cc(N2CCN(c3ccccc3)CC2)n1. The number of piperazine rings is 1. The van der Waals surface area contributed by atoms with Gasteiger partial charge in [-0.25, -0.2) is 4.98 Å². The first-order valence-corrected chi connectivity index (χ1v) is 8.54. The molecule has 0 bridgehead atoms. The average molecular weight is 331 g/mol.